The molecule has 0 bridgehead atoms. The molecule has 0 amide bonds. The minimum atomic E-state index is 0.914. The topological polar surface area (TPSA) is 28.2 Å². The van der Waals surface area contributed by atoms with Crippen molar-refractivity contribution in [2.24, 2.45) is 0 Å². The molecule has 0 saturated carbocycles. The van der Waals surface area contributed by atoms with Crippen molar-refractivity contribution in [1.82, 2.24) is 10.3 Å². The lowest BCUT2D eigenvalue weighted by Gasteiger charge is -2.26. The third-order valence-electron chi connectivity index (χ3n) is 2.97. The number of rotatable bonds is 5. The van der Waals surface area contributed by atoms with Crippen molar-refractivity contribution >= 4 is 5.82 Å². The fourth-order valence-electron chi connectivity index (χ4n) is 2.09. The molecule has 1 aliphatic heterocycles. The van der Waals surface area contributed by atoms with Crippen LogP contribution in [0.2, 0.25) is 0 Å². The van der Waals surface area contributed by atoms with Crippen LogP contribution in [-0.2, 0) is 6.54 Å². The van der Waals surface area contributed by atoms with Gasteiger partial charge in [0.25, 0.3) is 0 Å². The van der Waals surface area contributed by atoms with Gasteiger partial charge in [-0.1, -0.05) is 25.1 Å². The standard InChI is InChI=1S/C14H21N3/c1-2-8-15-12-13-7-6-9-16-14(13)17-10-4-3-5-11-17/h3-4,6-7,9,15H,2,5,8,10-12H2,1H3. The molecule has 0 aliphatic carbocycles. The first kappa shape index (κ1) is 12.1. The number of nitrogens with one attached hydrogen (secondary N) is 1. The smallest absolute Gasteiger partial charge is 0.133 e. The lowest BCUT2D eigenvalue weighted by molar-refractivity contribution is 0.669. The Morgan fingerprint density at radius 3 is 3.12 bits per heavy atom. The van der Waals surface area contributed by atoms with Crippen molar-refractivity contribution in [2.75, 3.05) is 24.5 Å². The van der Waals surface area contributed by atoms with Crippen molar-refractivity contribution < 1.29 is 0 Å². The van der Waals surface area contributed by atoms with Gasteiger partial charge in [0.05, 0.1) is 0 Å². The van der Waals surface area contributed by atoms with Crippen LogP contribution in [0.25, 0.3) is 0 Å². The molecule has 1 aliphatic rings. The van der Waals surface area contributed by atoms with Crippen LogP contribution in [-0.4, -0.2) is 24.6 Å². The summed E-state index contributed by atoms with van der Waals surface area (Å²) in [4.78, 5) is 6.88. The molecule has 17 heavy (non-hydrogen) atoms. The van der Waals surface area contributed by atoms with Gasteiger partial charge >= 0.3 is 0 Å². The number of pyridine rings is 1. The molecule has 0 radical (unpaired) electrons. The minimum absolute atomic E-state index is 0.914. The third kappa shape index (κ3) is 3.30. The predicted molar refractivity (Wildman–Crippen MR) is 72.2 cm³/mol. The lowest BCUT2D eigenvalue weighted by Crippen LogP contribution is -2.29. The van der Waals surface area contributed by atoms with Crippen LogP contribution < -0.4 is 10.2 Å². The van der Waals surface area contributed by atoms with Gasteiger partial charge in [0, 0.05) is 31.4 Å². The van der Waals surface area contributed by atoms with E-state index in [1.165, 1.54) is 12.0 Å². The van der Waals surface area contributed by atoms with Gasteiger partial charge in [-0.15, -0.1) is 0 Å². The molecule has 0 saturated heterocycles. The van der Waals surface area contributed by atoms with Crippen LogP contribution in [0.5, 0.6) is 0 Å². The zero-order valence-electron chi connectivity index (χ0n) is 10.5. The zero-order valence-corrected chi connectivity index (χ0v) is 10.5. The van der Waals surface area contributed by atoms with Gasteiger partial charge in [0.2, 0.25) is 0 Å². The van der Waals surface area contributed by atoms with E-state index in [1.807, 2.05) is 12.3 Å². The fourth-order valence-corrected chi connectivity index (χ4v) is 2.09. The van der Waals surface area contributed by atoms with Crippen LogP contribution in [0.1, 0.15) is 25.3 Å². The van der Waals surface area contributed by atoms with E-state index in [1.54, 1.807) is 0 Å². The Hall–Kier alpha value is -1.35. The summed E-state index contributed by atoms with van der Waals surface area (Å²) in [6.07, 6.45) is 8.65. The van der Waals surface area contributed by atoms with Gasteiger partial charge in [0.1, 0.15) is 5.82 Å². The highest BCUT2D eigenvalue weighted by Crippen LogP contribution is 2.19. The first-order chi connectivity index (χ1) is 8.42. The molecule has 1 N–H and O–H groups in total. The summed E-state index contributed by atoms with van der Waals surface area (Å²) in [5, 5.41) is 3.45. The molecule has 1 aromatic heterocycles. The second-order valence-electron chi connectivity index (χ2n) is 4.37. The number of nitrogens with zero attached hydrogens (tertiary/aromatic N) is 2. The van der Waals surface area contributed by atoms with Gasteiger partial charge in [-0.2, -0.15) is 0 Å². The van der Waals surface area contributed by atoms with E-state index >= 15 is 0 Å². The van der Waals surface area contributed by atoms with Gasteiger partial charge < -0.3 is 10.2 Å². The summed E-state index contributed by atoms with van der Waals surface area (Å²) in [5.41, 5.74) is 1.30. The van der Waals surface area contributed by atoms with E-state index in [0.717, 1.165) is 38.4 Å². The maximum atomic E-state index is 4.53. The van der Waals surface area contributed by atoms with Gasteiger partial charge in [-0.3, -0.25) is 0 Å². The van der Waals surface area contributed by atoms with Crippen molar-refractivity contribution in [3.63, 3.8) is 0 Å². The summed E-state index contributed by atoms with van der Waals surface area (Å²) in [7, 11) is 0. The van der Waals surface area contributed by atoms with Crippen molar-refractivity contribution in [3.8, 4) is 0 Å². The Bertz CT molecular complexity index is 373. The Morgan fingerprint density at radius 2 is 2.35 bits per heavy atom. The third-order valence-corrected chi connectivity index (χ3v) is 2.97. The molecule has 0 spiro atoms. The van der Waals surface area contributed by atoms with Crippen LogP contribution in [0, 0.1) is 0 Å². The summed E-state index contributed by atoms with van der Waals surface area (Å²) in [5.74, 6) is 1.14. The molecular formula is C14H21N3. The Morgan fingerprint density at radius 1 is 1.41 bits per heavy atom. The fraction of sp³-hybridized carbons (Fsp3) is 0.500. The quantitative estimate of drug-likeness (QED) is 0.623. The molecule has 92 valence electrons. The monoisotopic (exact) mass is 231 g/mol. The van der Waals surface area contributed by atoms with Crippen LogP contribution in [0.3, 0.4) is 0 Å². The Kier molecular flexibility index (Phi) is 4.56. The molecule has 3 nitrogen and oxygen atoms in total. The van der Waals surface area contributed by atoms with E-state index in [2.05, 4.69) is 40.3 Å². The molecule has 3 heteroatoms. The number of hydrogen-bond donors (Lipinski definition) is 1. The summed E-state index contributed by atoms with van der Waals surface area (Å²) in [6.45, 7) is 6.23. The highest BCUT2D eigenvalue weighted by atomic mass is 15.2. The zero-order chi connectivity index (χ0) is 11.9. The number of hydrogen-bond acceptors (Lipinski definition) is 3. The van der Waals surface area contributed by atoms with Gasteiger partial charge in [-0.25, -0.2) is 4.98 Å². The maximum absolute atomic E-state index is 4.53. The number of aromatic nitrogens is 1. The second-order valence-corrected chi connectivity index (χ2v) is 4.37. The summed E-state index contributed by atoms with van der Waals surface area (Å²) >= 11 is 0. The van der Waals surface area contributed by atoms with Crippen molar-refractivity contribution in [3.05, 3.63) is 36.0 Å². The molecule has 0 atom stereocenters. The lowest BCUT2D eigenvalue weighted by atomic mass is 10.2. The highest BCUT2D eigenvalue weighted by molar-refractivity contribution is 5.47. The largest absolute Gasteiger partial charge is 0.352 e. The van der Waals surface area contributed by atoms with E-state index in [0.29, 0.717) is 0 Å². The Balaban J connectivity index is 2.06. The summed E-state index contributed by atoms with van der Waals surface area (Å²) in [6, 6.07) is 4.19. The average Bonchev–Trinajstić information content (AvgIpc) is 2.41. The number of anilines is 1. The Labute approximate surface area is 104 Å². The minimum Gasteiger partial charge on any atom is -0.352 e. The van der Waals surface area contributed by atoms with Crippen LogP contribution >= 0.6 is 0 Å². The van der Waals surface area contributed by atoms with Gasteiger partial charge in [-0.05, 0) is 25.5 Å². The predicted octanol–water partition coefficient (Wildman–Crippen LogP) is 2.35. The molecule has 0 aromatic carbocycles. The first-order valence-electron chi connectivity index (χ1n) is 6.46. The van der Waals surface area contributed by atoms with Crippen LogP contribution in [0.15, 0.2) is 30.5 Å². The average molecular weight is 231 g/mol. The van der Waals surface area contributed by atoms with Gasteiger partial charge in [0.15, 0.2) is 0 Å². The molecular weight excluding hydrogens is 210 g/mol. The second kappa shape index (κ2) is 6.40. The van der Waals surface area contributed by atoms with E-state index < -0.39 is 0 Å². The molecule has 1 aromatic rings. The molecule has 0 unspecified atom stereocenters. The molecule has 2 heterocycles. The van der Waals surface area contributed by atoms with E-state index in [4.69, 9.17) is 0 Å². The highest BCUT2D eigenvalue weighted by Gasteiger charge is 2.12. The molecule has 2 rings (SSSR count). The first-order valence-corrected chi connectivity index (χ1v) is 6.46. The molecule has 0 fully saturated rings. The van der Waals surface area contributed by atoms with Crippen molar-refractivity contribution in [2.45, 2.75) is 26.3 Å². The summed E-state index contributed by atoms with van der Waals surface area (Å²) < 4.78 is 0. The maximum Gasteiger partial charge on any atom is 0.133 e. The SMILES string of the molecule is CCCNCc1cccnc1N1CC=CCC1. The van der Waals surface area contributed by atoms with E-state index in [-0.39, 0.29) is 0 Å². The normalized spacial score (nSPS) is 15.2. The van der Waals surface area contributed by atoms with Crippen molar-refractivity contribution in [1.29, 1.82) is 0 Å². The van der Waals surface area contributed by atoms with Crippen LogP contribution in [0.4, 0.5) is 5.82 Å². The van der Waals surface area contributed by atoms with E-state index in [9.17, 15) is 0 Å².